The van der Waals surface area contributed by atoms with Crippen LogP contribution >= 0.6 is 24.0 Å². The summed E-state index contributed by atoms with van der Waals surface area (Å²) in [5, 5.41) is 10.2. The van der Waals surface area contributed by atoms with Crippen LogP contribution in [0.25, 0.3) is 0 Å². The van der Waals surface area contributed by atoms with Crippen LogP contribution in [-0.4, -0.2) is 67.4 Å². The fourth-order valence-electron chi connectivity index (χ4n) is 2.59. The van der Waals surface area contributed by atoms with Crippen molar-refractivity contribution >= 4 is 36.0 Å². The van der Waals surface area contributed by atoms with Gasteiger partial charge < -0.3 is 25.6 Å². The number of ether oxygens (including phenoxy) is 1. The van der Waals surface area contributed by atoms with Gasteiger partial charge in [0.05, 0.1) is 0 Å². The minimum atomic E-state index is -0.463. The van der Waals surface area contributed by atoms with Crippen LogP contribution in [-0.2, 0) is 4.74 Å². The highest BCUT2D eigenvalue weighted by atomic mass is 127. The van der Waals surface area contributed by atoms with E-state index in [9.17, 15) is 4.79 Å². The fourth-order valence-corrected chi connectivity index (χ4v) is 2.59. The lowest BCUT2D eigenvalue weighted by Crippen LogP contribution is -2.53. The van der Waals surface area contributed by atoms with Gasteiger partial charge in [0, 0.05) is 44.8 Å². The zero-order valence-corrected chi connectivity index (χ0v) is 19.8. The van der Waals surface area contributed by atoms with Gasteiger partial charge in [0.1, 0.15) is 5.60 Å². The summed E-state index contributed by atoms with van der Waals surface area (Å²) in [6, 6.07) is 0.183. The molecule has 1 aliphatic heterocycles. The molecule has 0 spiro atoms. The monoisotopic (exact) mass is 483 g/mol. The highest BCUT2D eigenvalue weighted by Gasteiger charge is 2.27. The number of carbonyl (C=O) groups is 1. The first kappa shape index (κ1) is 25.2. The van der Waals surface area contributed by atoms with Crippen molar-refractivity contribution < 1.29 is 9.53 Å². The summed E-state index contributed by atoms with van der Waals surface area (Å²) in [7, 11) is 1.76. The quantitative estimate of drug-likeness (QED) is 0.248. The lowest BCUT2D eigenvalue weighted by atomic mass is 10.1. The maximum Gasteiger partial charge on any atom is 0.410 e. The molecule has 0 aromatic rings. The van der Waals surface area contributed by atoms with Crippen LogP contribution in [0.2, 0.25) is 0 Å². The van der Waals surface area contributed by atoms with E-state index < -0.39 is 5.60 Å². The van der Waals surface area contributed by atoms with Gasteiger partial charge in [-0.3, -0.25) is 4.99 Å². The zero-order valence-electron chi connectivity index (χ0n) is 17.4. The van der Waals surface area contributed by atoms with Crippen LogP contribution in [0, 0.1) is 0 Å². The summed E-state index contributed by atoms with van der Waals surface area (Å²) >= 11 is 0. The van der Waals surface area contributed by atoms with Gasteiger partial charge in [0.25, 0.3) is 0 Å². The smallest absolute Gasteiger partial charge is 0.410 e. The summed E-state index contributed by atoms with van der Waals surface area (Å²) in [5.41, 5.74) is -0.356. The average Bonchev–Trinajstić information content (AvgIpc) is 2.48. The molecule has 1 aliphatic rings. The maximum absolute atomic E-state index is 12.2. The van der Waals surface area contributed by atoms with E-state index in [0.29, 0.717) is 6.54 Å². The number of piperidine rings is 1. The number of halogens is 1. The molecular formula is C18H38IN5O2. The standard InChI is InChI=1S/C18H37N5O2.HI/c1-17(2,3)21-11-10-20-15(19-7)22-14-9-8-12-23(13-14)16(24)25-18(4,5)6;/h14,21H,8-13H2,1-7H3,(H2,19,20,22);1H. The normalized spacial score (nSPS) is 18.8. The SMILES string of the molecule is CN=C(NCCNC(C)(C)C)NC1CCCN(C(=O)OC(C)(C)C)C1.I. The number of nitrogens with one attached hydrogen (secondary N) is 3. The van der Waals surface area contributed by atoms with E-state index >= 15 is 0 Å². The van der Waals surface area contributed by atoms with E-state index in [1.54, 1.807) is 11.9 Å². The Hall–Kier alpha value is -0.770. The van der Waals surface area contributed by atoms with Crippen molar-refractivity contribution in [2.24, 2.45) is 4.99 Å². The molecule has 0 bridgehead atoms. The number of amides is 1. The van der Waals surface area contributed by atoms with Crippen molar-refractivity contribution in [3.05, 3.63) is 0 Å². The molecule has 8 heteroatoms. The number of rotatable bonds is 4. The number of likely N-dealkylation sites (tertiary alicyclic amines) is 1. The fraction of sp³-hybridized carbons (Fsp3) is 0.889. The molecule has 1 atom stereocenters. The second-order valence-electron chi connectivity index (χ2n) is 8.59. The Kier molecular flexibility index (Phi) is 10.8. The molecule has 3 N–H and O–H groups in total. The molecule has 1 amide bonds. The summed E-state index contributed by atoms with van der Waals surface area (Å²) in [6.07, 6.45) is 1.73. The Morgan fingerprint density at radius 3 is 2.38 bits per heavy atom. The van der Waals surface area contributed by atoms with E-state index in [4.69, 9.17) is 4.74 Å². The first-order valence-electron chi connectivity index (χ1n) is 9.20. The molecule has 1 unspecified atom stereocenters. The molecule has 0 saturated carbocycles. The zero-order chi connectivity index (χ0) is 19.1. The number of nitrogens with zero attached hydrogens (tertiary/aromatic N) is 2. The third-order valence-corrected chi connectivity index (χ3v) is 3.71. The van der Waals surface area contributed by atoms with Crippen molar-refractivity contribution in [1.82, 2.24) is 20.9 Å². The van der Waals surface area contributed by atoms with E-state index in [0.717, 1.165) is 38.4 Å². The second-order valence-corrected chi connectivity index (χ2v) is 8.59. The predicted octanol–water partition coefficient (Wildman–Crippen LogP) is 2.56. The van der Waals surface area contributed by atoms with E-state index in [1.165, 1.54) is 0 Å². The molecule has 1 rings (SSSR count). The van der Waals surface area contributed by atoms with Crippen LogP contribution < -0.4 is 16.0 Å². The summed E-state index contributed by atoms with van der Waals surface area (Å²) < 4.78 is 5.47. The van der Waals surface area contributed by atoms with Gasteiger partial charge in [0.2, 0.25) is 0 Å². The molecule has 1 saturated heterocycles. The largest absolute Gasteiger partial charge is 0.444 e. The number of hydrogen-bond acceptors (Lipinski definition) is 4. The van der Waals surface area contributed by atoms with Crippen LogP contribution in [0.5, 0.6) is 0 Å². The van der Waals surface area contributed by atoms with E-state index in [2.05, 4.69) is 41.7 Å². The van der Waals surface area contributed by atoms with Crippen LogP contribution in [0.15, 0.2) is 4.99 Å². The first-order valence-corrected chi connectivity index (χ1v) is 9.20. The Morgan fingerprint density at radius 1 is 1.19 bits per heavy atom. The average molecular weight is 483 g/mol. The third kappa shape index (κ3) is 11.1. The molecule has 0 aromatic carbocycles. The molecule has 26 heavy (non-hydrogen) atoms. The Bertz CT molecular complexity index is 457. The highest BCUT2D eigenvalue weighted by Crippen LogP contribution is 2.15. The minimum Gasteiger partial charge on any atom is -0.444 e. The molecule has 1 fully saturated rings. The van der Waals surface area contributed by atoms with Gasteiger partial charge in [-0.1, -0.05) is 0 Å². The van der Waals surface area contributed by atoms with Crippen LogP contribution in [0.1, 0.15) is 54.4 Å². The van der Waals surface area contributed by atoms with Crippen molar-refractivity contribution in [3.63, 3.8) is 0 Å². The summed E-state index contributed by atoms with van der Waals surface area (Å²) in [4.78, 5) is 18.3. The van der Waals surface area contributed by atoms with Crippen molar-refractivity contribution in [2.75, 3.05) is 33.2 Å². The van der Waals surface area contributed by atoms with Crippen LogP contribution in [0.4, 0.5) is 4.79 Å². The maximum atomic E-state index is 12.2. The second kappa shape index (κ2) is 11.2. The molecule has 7 nitrogen and oxygen atoms in total. The van der Waals surface area contributed by atoms with Gasteiger partial charge in [-0.25, -0.2) is 4.79 Å². The predicted molar refractivity (Wildman–Crippen MR) is 118 cm³/mol. The number of aliphatic imine (C=N–C) groups is 1. The van der Waals surface area contributed by atoms with Crippen molar-refractivity contribution in [1.29, 1.82) is 0 Å². The lowest BCUT2D eigenvalue weighted by molar-refractivity contribution is 0.0193. The molecule has 1 heterocycles. The number of hydrogen-bond donors (Lipinski definition) is 3. The van der Waals surface area contributed by atoms with Gasteiger partial charge in [-0.15, -0.1) is 24.0 Å². The Labute approximate surface area is 176 Å². The molecule has 0 radical (unpaired) electrons. The Morgan fingerprint density at radius 2 is 1.85 bits per heavy atom. The van der Waals surface area contributed by atoms with Gasteiger partial charge in [-0.05, 0) is 54.4 Å². The van der Waals surface area contributed by atoms with E-state index in [-0.39, 0.29) is 41.7 Å². The molecule has 0 aliphatic carbocycles. The van der Waals surface area contributed by atoms with Crippen molar-refractivity contribution in [2.45, 2.75) is 71.6 Å². The number of guanidine groups is 1. The Balaban J connectivity index is 0.00000625. The van der Waals surface area contributed by atoms with Gasteiger partial charge in [0.15, 0.2) is 5.96 Å². The molecule has 0 aromatic heterocycles. The minimum absolute atomic E-state index is 0. The van der Waals surface area contributed by atoms with Crippen molar-refractivity contribution in [3.8, 4) is 0 Å². The van der Waals surface area contributed by atoms with Gasteiger partial charge >= 0.3 is 6.09 Å². The lowest BCUT2D eigenvalue weighted by Gasteiger charge is -2.35. The topological polar surface area (TPSA) is 78.0 Å². The summed E-state index contributed by atoms with van der Waals surface area (Å²) in [5.74, 6) is 0.770. The summed E-state index contributed by atoms with van der Waals surface area (Å²) in [6.45, 7) is 15.1. The molecule has 154 valence electrons. The van der Waals surface area contributed by atoms with Gasteiger partial charge in [-0.2, -0.15) is 0 Å². The first-order chi connectivity index (χ1) is 11.5. The third-order valence-electron chi connectivity index (χ3n) is 3.71. The molecular weight excluding hydrogens is 445 g/mol. The van der Waals surface area contributed by atoms with Crippen LogP contribution in [0.3, 0.4) is 0 Å². The van der Waals surface area contributed by atoms with E-state index in [1.807, 2.05) is 20.8 Å². The highest BCUT2D eigenvalue weighted by molar-refractivity contribution is 14.0. The number of carbonyl (C=O) groups excluding carboxylic acids is 1.